The number of hydrogen-bond donors (Lipinski definition) is 3. The van der Waals surface area contributed by atoms with Crippen LogP contribution in [0.15, 0.2) is 53.1 Å². The van der Waals surface area contributed by atoms with Gasteiger partial charge in [-0.15, -0.1) is 0 Å². The zero-order valence-electron chi connectivity index (χ0n) is 24.3. The van der Waals surface area contributed by atoms with Crippen molar-refractivity contribution in [2.75, 3.05) is 39.8 Å². The number of piperidine rings is 2. The number of aromatic nitrogens is 1. The maximum atomic E-state index is 12.7. The minimum Gasteiger partial charge on any atom is -0.493 e. The summed E-state index contributed by atoms with van der Waals surface area (Å²) in [5.41, 5.74) is 2.43. The van der Waals surface area contributed by atoms with Crippen LogP contribution in [0.5, 0.6) is 17.4 Å². The van der Waals surface area contributed by atoms with Gasteiger partial charge < -0.3 is 38.9 Å². The highest BCUT2D eigenvalue weighted by molar-refractivity contribution is 5.89. The molecule has 0 bridgehead atoms. The number of fused-ring (bicyclic) bond motifs is 2. The highest BCUT2D eigenvalue weighted by Gasteiger charge is 2.26. The van der Waals surface area contributed by atoms with E-state index in [2.05, 4.69) is 27.0 Å². The average Bonchev–Trinajstić information content (AvgIpc) is 3.61. The van der Waals surface area contributed by atoms with Gasteiger partial charge in [0.25, 0.3) is 0 Å². The Morgan fingerprint density at radius 1 is 1.07 bits per heavy atom. The zero-order valence-corrected chi connectivity index (χ0v) is 24.3. The first-order valence-corrected chi connectivity index (χ1v) is 14.9. The van der Waals surface area contributed by atoms with E-state index in [9.17, 15) is 9.90 Å². The Bertz CT molecular complexity index is 1500. The van der Waals surface area contributed by atoms with Crippen LogP contribution in [0, 0.1) is 0 Å². The number of hydrogen-bond acceptors (Lipinski definition) is 8. The van der Waals surface area contributed by atoms with Gasteiger partial charge in [-0.05, 0) is 50.8 Å². The molecule has 2 aromatic carbocycles. The van der Waals surface area contributed by atoms with Gasteiger partial charge in [0.1, 0.15) is 12.4 Å². The summed E-state index contributed by atoms with van der Waals surface area (Å²) in [5.74, 6) is 1.73. The Morgan fingerprint density at radius 2 is 1.83 bits per heavy atom. The average molecular weight is 577 g/mol. The Kier molecular flexibility index (Phi) is 8.55. The van der Waals surface area contributed by atoms with Crippen molar-refractivity contribution in [2.24, 2.45) is 0 Å². The third-order valence-electron chi connectivity index (χ3n) is 8.60. The predicted octanol–water partition coefficient (Wildman–Crippen LogP) is 4.90. The van der Waals surface area contributed by atoms with Crippen LogP contribution >= 0.6 is 0 Å². The molecule has 2 saturated heterocycles. The number of H-pyrrole nitrogens is 1. The molecular formula is C32H40N4O6. The third-order valence-corrected chi connectivity index (χ3v) is 8.60. The van der Waals surface area contributed by atoms with Crippen molar-refractivity contribution in [3.8, 4) is 17.4 Å². The number of amides is 1. The van der Waals surface area contributed by atoms with Gasteiger partial charge in [0.05, 0.1) is 25.0 Å². The largest absolute Gasteiger partial charge is 0.493 e. The second kappa shape index (κ2) is 12.6. The lowest BCUT2D eigenvalue weighted by Crippen LogP contribution is -2.50. The van der Waals surface area contributed by atoms with Crippen molar-refractivity contribution < 1.29 is 28.5 Å². The summed E-state index contributed by atoms with van der Waals surface area (Å²) >= 11 is 0. The number of ether oxygens (including phenoxy) is 3. The zero-order chi connectivity index (χ0) is 29.1. The molecule has 0 aliphatic carbocycles. The lowest BCUT2D eigenvalue weighted by molar-refractivity contribution is 0.0501. The van der Waals surface area contributed by atoms with Crippen LogP contribution in [0.25, 0.3) is 21.9 Å². The number of para-hydroxylation sites is 1. The second-order valence-electron chi connectivity index (χ2n) is 11.5. The summed E-state index contributed by atoms with van der Waals surface area (Å²) < 4.78 is 22.9. The van der Waals surface area contributed by atoms with Gasteiger partial charge in [0.15, 0.2) is 11.3 Å². The molecule has 10 heteroatoms. The number of aromatic amines is 1. The Balaban J connectivity index is 1.00. The van der Waals surface area contributed by atoms with Crippen molar-refractivity contribution >= 4 is 28.0 Å². The number of benzene rings is 2. The highest BCUT2D eigenvalue weighted by atomic mass is 16.6. The number of carbonyl (C=O) groups excluding carboxylic acids is 1. The van der Waals surface area contributed by atoms with Gasteiger partial charge in [0.2, 0.25) is 5.88 Å². The lowest BCUT2D eigenvalue weighted by atomic mass is 10.0. The first-order valence-electron chi connectivity index (χ1n) is 14.9. The van der Waals surface area contributed by atoms with E-state index in [0.29, 0.717) is 35.6 Å². The SMILES string of the molecule is COc1cccc2c(COc3cccc4[nH]c(OC(=O)NC5CCN(C[C@H](C)N6CCC(O)CC6)CC5)cc34)coc12. The molecule has 0 radical (unpaired) electrons. The van der Waals surface area contributed by atoms with E-state index in [1.165, 1.54) is 0 Å². The van der Waals surface area contributed by atoms with Crippen LogP contribution in [-0.2, 0) is 6.61 Å². The summed E-state index contributed by atoms with van der Waals surface area (Å²) in [6, 6.07) is 13.8. The van der Waals surface area contributed by atoms with Gasteiger partial charge in [0, 0.05) is 67.2 Å². The van der Waals surface area contributed by atoms with E-state index in [1.54, 1.807) is 19.4 Å². The number of carbonyl (C=O) groups is 1. The molecule has 1 amide bonds. The van der Waals surface area contributed by atoms with Crippen LogP contribution < -0.4 is 19.5 Å². The molecule has 2 aliphatic heterocycles. The van der Waals surface area contributed by atoms with Gasteiger partial charge in [-0.2, -0.15) is 0 Å². The molecule has 2 aromatic heterocycles. The summed E-state index contributed by atoms with van der Waals surface area (Å²) in [7, 11) is 1.62. The van der Waals surface area contributed by atoms with Gasteiger partial charge in [-0.3, -0.25) is 4.90 Å². The van der Waals surface area contributed by atoms with Crippen LogP contribution in [-0.4, -0.2) is 84.0 Å². The molecule has 4 heterocycles. The van der Waals surface area contributed by atoms with Crippen molar-refractivity contribution in [3.63, 3.8) is 0 Å². The second-order valence-corrected chi connectivity index (χ2v) is 11.5. The molecule has 1 atom stereocenters. The van der Waals surface area contributed by atoms with E-state index in [4.69, 9.17) is 18.6 Å². The number of nitrogens with one attached hydrogen (secondary N) is 2. The maximum Gasteiger partial charge on any atom is 0.414 e. The summed E-state index contributed by atoms with van der Waals surface area (Å²) in [6.45, 7) is 7.41. The molecule has 42 heavy (non-hydrogen) atoms. The third kappa shape index (κ3) is 6.35. The van der Waals surface area contributed by atoms with Gasteiger partial charge in [-0.1, -0.05) is 18.2 Å². The number of rotatable bonds is 9. The Morgan fingerprint density at radius 3 is 2.62 bits per heavy atom. The number of likely N-dealkylation sites (tertiary alicyclic amines) is 2. The van der Waals surface area contributed by atoms with Crippen LogP contribution in [0.1, 0.15) is 38.2 Å². The monoisotopic (exact) mass is 576 g/mol. The highest BCUT2D eigenvalue weighted by Crippen LogP contribution is 2.33. The standard InChI is InChI=1S/C32H40N4O6/c1-21(36-15-11-24(37)12-16-36)18-35-13-9-23(10-14-35)33-32(38)42-30-17-26-27(34-30)6-4-7-28(26)40-19-22-20-41-31-25(22)5-3-8-29(31)39-2/h3-8,17,20-21,23-24,34,37H,9-16,18-19H2,1-2H3,(H,33,38)/t21-/m0/s1. The number of nitrogens with zero attached hydrogens (tertiary/aromatic N) is 2. The smallest absolute Gasteiger partial charge is 0.414 e. The van der Waals surface area contributed by atoms with Crippen LogP contribution in [0.3, 0.4) is 0 Å². The molecular weight excluding hydrogens is 536 g/mol. The minimum absolute atomic E-state index is 0.0841. The van der Waals surface area contributed by atoms with E-state index in [-0.39, 0.29) is 12.1 Å². The van der Waals surface area contributed by atoms with Crippen LogP contribution in [0.4, 0.5) is 4.79 Å². The Labute approximate surface area is 245 Å². The number of aliphatic hydroxyl groups is 1. The van der Waals surface area contributed by atoms with Crippen LogP contribution in [0.2, 0.25) is 0 Å². The van der Waals surface area contributed by atoms with Gasteiger partial charge in [-0.25, -0.2) is 4.79 Å². The molecule has 0 unspecified atom stereocenters. The summed E-state index contributed by atoms with van der Waals surface area (Å²) in [6.07, 6.45) is 4.59. The summed E-state index contributed by atoms with van der Waals surface area (Å²) in [4.78, 5) is 20.9. The topological polar surface area (TPSA) is 112 Å². The Hall–Kier alpha value is -3.73. The molecule has 6 rings (SSSR count). The van der Waals surface area contributed by atoms with E-state index in [0.717, 1.165) is 80.3 Å². The van der Waals surface area contributed by atoms with E-state index >= 15 is 0 Å². The predicted molar refractivity (Wildman–Crippen MR) is 160 cm³/mol. The summed E-state index contributed by atoms with van der Waals surface area (Å²) in [5, 5.41) is 14.6. The molecule has 3 N–H and O–H groups in total. The lowest BCUT2D eigenvalue weighted by Gasteiger charge is -2.39. The van der Waals surface area contributed by atoms with Gasteiger partial charge >= 0.3 is 6.09 Å². The van der Waals surface area contributed by atoms with Crippen molar-refractivity contribution in [3.05, 3.63) is 54.3 Å². The number of methoxy groups -OCH3 is 1. The molecule has 0 saturated carbocycles. The number of furan rings is 1. The van der Waals surface area contributed by atoms with Crippen molar-refractivity contribution in [1.82, 2.24) is 20.1 Å². The first kappa shape index (κ1) is 28.4. The maximum absolute atomic E-state index is 12.7. The fourth-order valence-corrected chi connectivity index (χ4v) is 6.17. The fourth-order valence-electron chi connectivity index (χ4n) is 6.17. The van der Waals surface area contributed by atoms with E-state index in [1.807, 2.05) is 36.4 Å². The van der Waals surface area contributed by atoms with E-state index < -0.39 is 6.09 Å². The van der Waals surface area contributed by atoms with Crippen molar-refractivity contribution in [2.45, 2.75) is 57.4 Å². The molecule has 2 fully saturated rings. The fraction of sp³-hybridized carbons (Fsp3) is 0.469. The normalized spacial score (nSPS) is 18.4. The van der Waals surface area contributed by atoms with Crippen molar-refractivity contribution in [1.29, 1.82) is 0 Å². The number of aliphatic hydroxyl groups excluding tert-OH is 1. The molecule has 0 spiro atoms. The molecule has 224 valence electrons. The molecule has 10 nitrogen and oxygen atoms in total. The minimum atomic E-state index is -0.457. The quantitative estimate of drug-likeness (QED) is 0.258. The first-order chi connectivity index (χ1) is 20.5. The molecule has 2 aliphatic rings. The molecule has 4 aromatic rings.